The molecule has 0 aromatic carbocycles. The zero-order valence-electron chi connectivity index (χ0n) is 12.5. The van der Waals surface area contributed by atoms with Crippen LogP contribution < -0.4 is 5.32 Å². The Balaban J connectivity index is 1.52. The van der Waals surface area contributed by atoms with Crippen molar-refractivity contribution in [3.63, 3.8) is 0 Å². The van der Waals surface area contributed by atoms with Crippen LogP contribution in [-0.4, -0.2) is 73.7 Å². The molecule has 3 fully saturated rings. The van der Waals surface area contributed by atoms with Gasteiger partial charge in [-0.25, -0.2) is 0 Å². The van der Waals surface area contributed by atoms with Crippen LogP contribution in [-0.2, 0) is 9.53 Å². The van der Waals surface area contributed by atoms with Crippen LogP contribution in [0.2, 0.25) is 0 Å². The Morgan fingerprint density at radius 1 is 1.20 bits per heavy atom. The van der Waals surface area contributed by atoms with Crippen molar-refractivity contribution < 1.29 is 9.53 Å². The zero-order valence-corrected chi connectivity index (χ0v) is 12.5. The van der Waals surface area contributed by atoms with Crippen LogP contribution in [0, 0.1) is 5.92 Å². The number of carbonyl (C=O) groups is 1. The van der Waals surface area contributed by atoms with Crippen LogP contribution in [0.3, 0.4) is 0 Å². The lowest BCUT2D eigenvalue weighted by Gasteiger charge is -2.33. The number of nitrogens with one attached hydrogen (secondary N) is 1. The molecule has 114 valence electrons. The quantitative estimate of drug-likeness (QED) is 0.791. The van der Waals surface area contributed by atoms with Gasteiger partial charge in [0.1, 0.15) is 0 Å². The van der Waals surface area contributed by atoms with Gasteiger partial charge in [-0.3, -0.25) is 9.69 Å². The van der Waals surface area contributed by atoms with E-state index in [-0.39, 0.29) is 6.04 Å². The predicted molar refractivity (Wildman–Crippen MR) is 77.6 cm³/mol. The number of rotatable bonds is 2. The van der Waals surface area contributed by atoms with Crippen LogP contribution in [0.5, 0.6) is 0 Å². The average Bonchev–Trinajstić information content (AvgIpc) is 2.97. The topological polar surface area (TPSA) is 44.8 Å². The summed E-state index contributed by atoms with van der Waals surface area (Å²) in [5.74, 6) is 0.996. The highest BCUT2D eigenvalue weighted by atomic mass is 16.5. The molecule has 3 saturated heterocycles. The Labute approximate surface area is 121 Å². The summed E-state index contributed by atoms with van der Waals surface area (Å²) in [6.07, 6.45) is 3.31. The van der Waals surface area contributed by atoms with E-state index >= 15 is 0 Å². The van der Waals surface area contributed by atoms with Crippen LogP contribution >= 0.6 is 0 Å². The summed E-state index contributed by atoms with van der Waals surface area (Å²) in [5, 5.41) is 3.40. The van der Waals surface area contributed by atoms with E-state index in [1.807, 2.05) is 0 Å². The number of morpholine rings is 1. The Hall–Kier alpha value is -0.650. The molecule has 3 aliphatic rings. The van der Waals surface area contributed by atoms with E-state index < -0.39 is 0 Å². The van der Waals surface area contributed by atoms with Crippen molar-refractivity contribution in [2.75, 3.05) is 45.9 Å². The number of carbonyl (C=O) groups excluding carboxylic acids is 1. The van der Waals surface area contributed by atoms with E-state index in [1.165, 1.54) is 6.42 Å². The maximum atomic E-state index is 12.6. The summed E-state index contributed by atoms with van der Waals surface area (Å²) in [6, 6.07) is 0.603. The molecule has 3 rings (SSSR count). The van der Waals surface area contributed by atoms with Gasteiger partial charge in [0.15, 0.2) is 0 Å². The van der Waals surface area contributed by atoms with Gasteiger partial charge in [0.05, 0.1) is 19.3 Å². The van der Waals surface area contributed by atoms with E-state index in [9.17, 15) is 4.79 Å². The molecule has 0 saturated carbocycles. The van der Waals surface area contributed by atoms with Crippen LogP contribution in [0.15, 0.2) is 0 Å². The van der Waals surface area contributed by atoms with Crippen LogP contribution in [0.4, 0.5) is 0 Å². The summed E-state index contributed by atoms with van der Waals surface area (Å²) in [5.41, 5.74) is 0. The standard InChI is InChI=1S/C15H27N3O2/c1-12-2-4-16-14(10-12)15(19)18-5-3-13(11-18)17-6-8-20-9-7-17/h12-14,16H,2-11H2,1H3. The van der Waals surface area contributed by atoms with E-state index in [4.69, 9.17) is 4.74 Å². The predicted octanol–water partition coefficient (Wildman–Crippen LogP) is 0.308. The molecular formula is C15H27N3O2. The Morgan fingerprint density at radius 2 is 2.00 bits per heavy atom. The number of amides is 1. The molecule has 5 nitrogen and oxygen atoms in total. The second-order valence-corrected chi connectivity index (χ2v) is 6.51. The SMILES string of the molecule is CC1CCNC(C(=O)N2CCC(N3CCOCC3)C2)C1. The molecular weight excluding hydrogens is 254 g/mol. The number of nitrogens with zero attached hydrogens (tertiary/aromatic N) is 2. The first-order chi connectivity index (χ1) is 9.74. The molecule has 0 aromatic heterocycles. The highest BCUT2D eigenvalue weighted by Crippen LogP contribution is 2.21. The monoisotopic (exact) mass is 281 g/mol. The lowest BCUT2D eigenvalue weighted by molar-refractivity contribution is -0.133. The number of hydrogen-bond acceptors (Lipinski definition) is 4. The molecule has 1 N–H and O–H groups in total. The van der Waals surface area contributed by atoms with Crippen molar-refractivity contribution in [3.05, 3.63) is 0 Å². The number of piperidine rings is 1. The molecule has 3 aliphatic heterocycles. The molecule has 0 aromatic rings. The van der Waals surface area contributed by atoms with Gasteiger partial charge in [-0.2, -0.15) is 0 Å². The number of ether oxygens (including phenoxy) is 1. The number of hydrogen-bond donors (Lipinski definition) is 1. The third kappa shape index (κ3) is 3.15. The zero-order chi connectivity index (χ0) is 13.9. The van der Waals surface area contributed by atoms with Crippen molar-refractivity contribution in [2.24, 2.45) is 5.92 Å². The summed E-state index contributed by atoms with van der Waals surface area (Å²) >= 11 is 0. The molecule has 0 bridgehead atoms. The molecule has 1 amide bonds. The van der Waals surface area contributed by atoms with Crippen molar-refractivity contribution in [1.29, 1.82) is 0 Å². The van der Waals surface area contributed by atoms with Gasteiger partial charge in [0.25, 0.3) is 0 Å². The van der Waals surface area contributed by atoms with Gasteiger partial charge in [0, 0.05) is 32.2 Å². The van der Waals surface area contributed by atoms with Gasteiger partial charge >= 0.3 is 0 Å². The molecule has 0 aliphatic carbocycles. The molecule has 3 atom stereocenters. The van der Waals surface area contributed by atoms with E-state index in [1.54, 1.807) is 0 Å². The third-order valence-corrected chi connectivity index (χ3v) is 5.00. The van der Waals surface area contributed by atoms with E-state index in [0.29, 0.717) is 17.9 Å². The smallest absolute Gasteiger partial charge is 0.239 e. The van der Waals surface area contributed by atoms with Gasteiger partial charge in [-0.15, -0.1) is 0 Å². The molecule has 20 heavy (non-hydrogen) atoms. The third-order valence-electron chi connectivity index (χ3n) is 5.00. The minimum atomic E-state index is 0.0576. The van der Waals surface area contributed by atoms with Crippen LogP contribution in [0.1, 0.15) is 26.2 Å². The largest absolute Gasteiger partial charge is 0.379 e. The summed E-state index contributed by atoms with van der Waals surface area (Å²) < 4.78 is 5.41. The van der Waals surface area contributed by atoms with Gasteiger partial charge in [0.2, 0.25) is 5.91 Å². The Morgan fingerprint density at radius 3 is 2.75 bits per heavy atom. The lowest BCUT2D eigenvalue weighted by atomic mass is 9.93. The fourth-order valence-electron chi connectivity index (χ4n) is 3.70. The maximum absolute atomic E-state index is 12.6. The molecule has 3 heterocycles. The van der Waals surface area contributed by atoms with Crippen molar-refractivity contribution in [3.8, 4) is 0 Å². The minimum absolute atomic E-state index is 0.0576. The fraction of sp³-hybridized carbons (Fsp3) is 0.933. The van der Waals surface area contributed by atoms with E-state index in [0.717, 1.165) is 58.8 Å². The van der Waals surface area contributed by atoms with E-state index in [2.05, 4.69) is 22.0 Å². The highest BCUT2D eigenvalue weighted by molar-refractivity contribution is 5.82. The Bertz CT molecular complexity index is 344. The molecule has 5 heteroatoms. The van der Waals surface area contributed by atoms with Gasteiger partial charge in [-0.05, 0) is 31.7 Å². The van der Waals surface area contributed by atoms with Crippen molar-refractivity contribution in [2.45, 2.75) is 38.3 Å². The molecule has 0 spiro atoms. The Kier molecular flexibility index (Phi) is 4.58. The fourth-order valence-corrected chi connectivity index (χ4v) is 3.70. The van der Waals surface area contributed by atoms with Crippen molar-refractivity contribution >= 4 is 5.91 Å². The normalized spacial score (nSPS) is 36.2. The minimum Gasteiger partial charge on any atom is -0.379 e. The molecule has 3 unspecified atom stereocenters. The van der Waals surface area contributed by atoms with Crippen LogP contribution in [0.25, 0.3) is 0 Å². The second-order valence-electron chi connectivity index (χ2n) is 6.51. The van der Waals surface area contributed by atoms with Crippen molar-refractivity contribution in [1.82, 2.24) is 15.1 Å². The summed E-state index contributed by atoms with van der Waals surface area (Å²) in [7, 11) is 0. The number of likely N-dealkylation sites (tertiary alicyclic amines) is 1. The van der Waals surface area contributed by atoms with Gasteiger partial charge in [-0.1, -0.05) is 6.92 Å². The first-order valence-electron chi connectivity index (χ1n) is 8.08. The average molecular weight is 281 g/mol. The highest BCUT2D eigenvalue weighted by Gasteiger charge is 2.35. The first kappa shape index (κ1) is 14.3. The summed E-state index contributed by atoms with van der Waals surface area (Å²) in [6.45, 7) is 8.79. The first-order valence-corrected chi connectivity index (χ1v) is 8.08. The maximum Gasteiger partial charge on any atom is 0.239 e. The summed E-state index contributed by atoms with van der Waals surface area (Å²) in [4.78, 5) is 17.2. The molecule has 0 radical (unpaired) electrons. The second kappa shape index (κ2) is 6.41. The van der Waals surface area contributed by atoms with Gasteiger partial charge < -0.3 is 15.0 Å². The lowest BCUT2D eigenvalue weighted by Crippen LogP contribution is -2.50.